The highest BCUT2D eigenvalue weighted by Gasteiger charge is 2.71. The molecule has 10 nitrogen and oxygen atoms in total. The standard InChI is InChI=1S/C45H41Cl2FN4O6/c1-58-29-13-10-26(11-14-29)45-34(42(55)52(44(45)57)49-37-17-12-27(46)22-35(37)47)23-33-30(39(45)32-8-5-9-36(48)40(32)53)15-16-31-38(33)43(56)51(41(31)54)28-18-20-50(21-19-28)24-25-6-3-2-4-7-25/h2-15,17,22,28,31,33-34,38-39,49,53H,16,18-21,23-24H2,1H3/t31-,33+,34-,38-,39+,45+/m0/s1. The number of rotatable bonds is 8. The van der Waals surface area contributed by atoms with Gasteiger partial charge in [-0.25, -0.2) is 4.39 Å². The number of phenolic OH excluding ortho intramolecular Hbond substituents is 1. The van der Waals surface area contributed by atoms with Crippen LogP contribution in [0.3, 0.4) is 0 Å². The number of anilines is 1. The van der Waals surface area contributed by atoms with Crippen molar-refractivity contribution >= 4 is 52.5 Å². The number of phenols is 1. The number of benzene rings is 4. The Morgan fingerprint density at radius 2 is 1.62 bits per heavy atom. The minimum Gasteiger partial charge on any atom is -0.505 e. The average Bonchev–Trinajstić information content (AvgIpc) is 3.61. The Hall–Kier alpha value is -5.23. The number of carbonyl (C=O) groups excluding carboxylic acids is 4. The number of nitrogens with one attached hydrogen (secondary N) is 1. The number of fused-ring (bicyclic) bond motifs is 4. The van der Waals surface area contributed by atoms with Crippen LogP contribution >= 0.6 is 23.2 Å². The third kappa shape index (κ3) is 6.00. The normalized spacial score (nSPS) is 27.3. The van der Waals surface area contributed by atoms with Gasteiger partial charge in [0.25, 0.3) is 11.8 Å². The summed E-state index contributed by atoms with van der Waals surface area (Å²) in [6.07, 6.45) is 3.43. The Bertz CT molecular complexity index is 2350. The summed E-state index contributed by atoms with van der Waals surface area (Å²) >= 11 is 12.7. The molecule has 0 aromatic heterocycles. The van der Waals surface area contributed by atoms with E-state index in [1.807, 2.05) is 24.3 Å². The van der Waals surface area contributed by atoms with E-state index in [-0.39, 0.29) is 47.0 Å². The van der Waals surface area contributed by atoms with Crippen molar-refractivity contribution in [1.82, 2.24) is 14.8 Å². The fourth-order valence-electron chi connectivity index (χ4n) is 10.5. The van der Waals surface area contributed by atoms with Gasteiger partial charge < -0.3 is 9.84 Å². The van der Waals surface area contributed by atoms with E-state index in [9.17, 15) is 19.5 Å². The predicted octanol–water partition coefficient (Wildman–Crippen LogP) is 7.50. The average molecular weight is 824 g/mol. The summed E-state index contributed by atoms with van der Waals surface area (Å²) in [7, 11) is 1.52. The maximum atomic E-state index is 15.5. The zero-order valence-corrected chi connectivity index (χ0v) is 33.1. The fraction of sp³-hybridized carbons (Fsp3) is 0.333. The molecule has 13 heteroatoms. The van der Waals surface area contributed by atoms with Gasteiger partial charge in [0.2, 0.25) is 11.8 Å². The first-order chi connectivity index (χ1) is 28.0. The molecule has 2 aliphatic carbocycles. The molecule has 0 radical (unpaired) electrons. The van der Waals surface area contributed by atoms with Crippen molar-refractivity contribution in [3.05, 3.63) is 135 Å². The number of imide groups is 2. The minimum atomic E-state index is -1.73. The lowest BCUT2D eigenvalue weighted by atomic mass is 9.49. The Kier molecular flexibility index (Phi) is 9.81. The van der Waals surface area contributed by atoms with Gasteiger partial charge in [0, 0.05) is 42.2 Å². The van der Waals surface area contributed by atoms with Gasteiger partial charge >= 0.3 is 0 Å². The van der Waals surface area contributed by atoms with Crippen molar-refractivity contribution < 1.29 is 33.4 Å². The maximum absolute atomic E-state index is 15.5. The lowest BCUT2D eigenvalue weighted by molar-refractivity contribution is -0.144. The Morgan fingerprint density at radius 3 is 2.33 bits per heavy atom. The van der Waals surface area contributed by atoms with E-state index in [4.69, 9.17) is 27.9 Å². The van der Waals surface area contributed by atoms with E-state index in [0.29, 0.717) is 34.8 Å². The van der Waals surface area contributed by atoms with Gasteiger partial charge in [-0.1, -0.05) is 89.4 Å². The van der Waals surface area contributed by atoms with Crippen molar-refractivity contribution in [1.29, 1.82) is 0 Å². The fourth-order valence-corrected chi connectivity index (χ4v) is 11.0. The molecular formula is C45H41Cl2FN4O6. The van der Waals surface area contributed by atoms with Crippen LogP contribution in [0.1, 0.15) is 48.3 Å². The number of nitrogens with zero attached hydrogens (tertiary/aromatic N) is 3. The van der Waals surface area contributed by atoms with Crippen LogP contribution in [0, 0.1) is 29.5 Å². The Morgan fingerprint density at radius 1 is 0.879 bits per heavy atom. The van der Waals surface area contributed by atoms with E-state index in [1.165, 1.54) is 29.7 Å². The predicted molar refractivity (Wildman–Crippen MR) is 215 cm³/mol. The molecule has 298 valence electrons. The first-order valence-electron chi connectivity index (χ1n) is 19.6. The number of allylic oxidation sites excluding steroid dienone is 2. The van der Waals surface area contributed by atoms with Gasteiger partial charge in [-0.05, 0) is 79.1 Å². The van der Waals surface area contributed by atoms with Crippen molar-refractivity contribution in [2.24, 2.45) is 23.7 Å². The number of piperidine rings is 1. The number of carbonyl (C=O) groups is 4. The molecule has 3 heterocycles. The van der Waals surface area contributed by atoms with Crippen LogP contribution < -0.4 is 10.2 Å². The lowest BCUT2D eigenvalue weighted by Crippen LogP contribution is -2.53. The van der Waals surface area contributed by atoms with Crippen molar-refractivity contribution in [2.45, 2.75) is 49.6 Å². The highest BCUT2D eigenvalue weighted by atomic mass is 35.5. The van der Waals surface area contributed by atoms with Crippen molar-refractivity contribution in [3.8, 4) is 11.5 Å². The summed E-state index contributed by atoms with van der Waals surface area (Å²) in [5, 5.41) is 13.0. The number of ether oxygens (including phenoxy) is 1. The summed E-state index contributed by atoms with van der Waals surface area (Å²) in [5.41, 5.74) is 3.82. The number of halogens is 3. The summed E-state index contributed by atoms with van der Waals surface area (Å²) in [5.74, 6) is -7.15. The SMILES string of the molecule is COc1ccc([C@@]23C(=O)N(Nc4ccc(Cl)cc4Cl)C(=O)[C@@H]2C[C@@H]2C(=CC[C@@H]4C(=O)N(C5CCN(Cc6ccccc6)CC5)C(=O)[C@@H]42)[C@@H]3c2cccc(F)c2O)cc1. The van der Waals surface area contributed by atoms with Gasteiger partial charge in [0.05, 0.1) is 41.0 Å². The lowest BCUT2D eigenvalue weighted by Gasteiger charge is -2.50. The van der Waals surface area contributed by atoms with Gasteiger partial charge in [-0.15, -0.1) is 0 Å². The van der Waals surface area contributed by atoms with Crippen LogP contribution in [0.4, 0.5) is 10.1 Å². The van der Waals surface area contributed by atoms with Gasteiger partial charge in [-0.3, -0.25) is 34.4 Å². The molecule has 4 aromatic rings. The van der Waals surface area contributed by atoms with Crippen LogP contribution in [0.25, 0.3) is 0 Å². The van der Waals surface area contributed by atoms with Crippen LogP contribution in [0.5, 0.6) is 11.5 Å². The molecule has 58 heavy (non-hydrogen) atoms. The van der Waals surface area contributed by atoms with Crippen LogP contribution in [0.2, 0.25) is 10.0 Å². The highest BCUT2D eigenvalue weighted by molar-refractivity contribution is 6.36. The molecule has 6 atom stereocenters. The number of para-hydroxylation sites is 1. The van der Waals surface area contributed by atoms with Gasteiger partial charge in [0.1, 0.15) is 5.75 Å². The monoisotopic (exact) mass is 822 g/mol. The third-order valence-electron chi connectivity index (χ3n) is 13.1. The number of amides is 4. The number of aromatic hydroxyl groups is 1. The number of hydrazine groups is 1. The topological polar surface area (TPSA) is 119 Å². The van der Waals surface area contributed by atoms with E-state index < -0.39 is 58.4 Å². The first-order valence-corrected chi connectivity index (χ1v) is 20.3. The number of likely N-dealkylation sites (tertiary alicyclic amines) is 2. The van der Waals surface area contributed by atoms with Crippen LogP contribution in [0.15, 0.2) is 103 Å². The summed E-state index contributed by atoms with van der Waals surface area (Å²) in [4.78, 5) is 63.4. The van der Waals surface area contributed by atoms with Crippen LogP contribution in [-0.4, -0.2) is 69.8 Å². The van der Waals surface area contributed by atoms with Crippen molar-refractivity contribution in [3.63, 3.8) is 0 Å². The van der Waals surface area contributed by atoms with Crippen molar-refractivity contribution in [2.75, 3.05) is 25.6 Å². The number of hydrogen-bond donors (Lipinski definition) is 2. The zero-order valence-electron chi connectivity index (χ0n) is 31.6. The Balaban J connectivity index is 1.13. The molecule has 0 spiro atoms. The van der Waals surface area contributed by atoms with E-state index in [1.54, 1.807) is 42.5 Å². The molecule has 3 saturated heterocycles. The molecule has 9 rings (SSSR count). The minimum absolute atomic E-state index is 0.0467. The molecule has 0 unspecified atom stereocenters. The quantitative estimate of drug-likeness (QED) is 0.139. The first kappa shape index (κ1) is 38.3. The summed E-state index contributed by atoms with van der Waals surface area (Å²) in [6.45, 7) is 2.23. The second kappa shape index (κ2) is 14.9. The second-order valence-corrected chi connectivity index (χ2v) is 16.8. The zero-order chi connectivity index (χ0) is 40.5. The summed E-state index contributed by atoms with van der Waals surface area (Å²) in [6, 6.07) is 25.5. The summed E-state index contributed by atoms with van der Waals surface area (Å²) < 4.78 is 20.9. The van der Waals surface area contributed by atoms with E-state index in [0.717, 1.165) is 30.7 Å². The molecule has 4 aromatic carbocycles. The second-order valence-electron chi connectivity index (χ2n) is 15.9. The molecule has 1 saturated carbocycles. The molecule has 4 amide bonds. The molecule has 3 aliphatic heterocycles. The highest BCUT2D eigenvalue weighted by Crippen LogP contribution is 2.65. The Labute approximate surface area is 345 Å². The molecular weight excluding hydrogens is 782 g/mol. The maximum Gasteiger partial charge on any atom is 0.260 e. The molecule has 0 bridgehead atoms. The number of hydrogen-bond acceptors (Lipinski definition) is 8. The van der Waals surface area contributed by atoms with E-state index >= 15 is 9.18 Å². The van der Waals surface area contributed by atoms with Gasteiger partial charge in [-0.2, -0.15) is 5.01 Å². The molecule has 2 N–H and O–H groups in total. The molecule has 4 fully saturated rings. The number of methoxy groups -OCH3 is 1. The van der Waals surface area contributed by atoms with E-state index in [2.05, 4.69) is 22.5 Å². The molecule has 5 aliphatic rings. The van der Waals surface area contributed by atoms with Crippen LogP contribution in [-0.2, 0) is 31.1 Å². The largest absolute Gasteiger partial charge is 0.505 e. The third-order valence-corrected chi connectivity index (χ3v) is 13.7. The van der Waals surface area contributed by atoms with Gasteiger partial charge in [0.15, 0.2) is 11.6 Å². The smallest absolute Gasteiger partial charge is 0.260 e.